The molecule has 0 aliphatic heterocycles. The van der Waals surface area contributed by atoms with Crippen molar-refractivity contribution in [2.24, 2.45) is 5.73 Å². The van der Waals surface area contributed by atoms with Gasteiger partial charge in [-0.1, -0.05) is 0 Å². The highest BCUT2D eigenvalue weighted by molar-refractivity contribution is 7.90. The number of aryl methyl sites for hydroxylation is 1. The van der Waals surface area contributed by atoms with E-state index in [0.717, 1.165) is 11.9 Å². The standard InChI is InChI=1S/C13H15N3O3S/c1-9-7-10(8-14)16-13(15-9)19-11-3-5-12(6-4-11)20(2,17)18/h3-7H,8,14H2,1-2H3. The van der Waals surface area contributed by atoms with Crippen LogP contribution in [0, 0.1) is 6.92 Å². The molecule has 2 rings (SSSR count). The minimum absolute atomic E-state index is 0.192. The first-order valence-corrected chi connectivity index (χ1v) is 7.80. The number of nitrogens with two attached hydrogens (primary N) is 1. The van der Waals surface area contributed by atoms with Gasteiger partial charge in [-0.2, -0.15) is 4.98 Å². The smallest absolute Gasteiger partial charge is 0.322 e. The Morgan fingerprint density at radius 1 is 1.20 bits per heavy atom. The van der Waals surface area contributed by atoms with Crippen LogP contribution in [0.1, 0.15) is 11.4 Å². The third kappa shape index (κ3) is 3.52. The molecule has 1 aromatic carbocycles. The van der Waals surface area contributed by atoms with Crippen LogP contribution < -0.4 is 10.5 Å². The summed E-state index contributed by atoms with van der Waals surface area (Å²) in [5.41, 5.74) is 6.97. The molecule has 20 heavy (non-hydrogen) atoms. The van der Waals surface area contributed by atoms with Crippen molar-refractivity contribution >= 4 is 9.84 Å². The molecule has 0 bridgehead atoms. The molecule has 7 heteroatoms. The van der Waals surface area contributed by atoms with Gasteiger partial charge in [-0.3, -0.25) is 0 Å². The normalized spacial score (nSPS) is 11.3. The van der Waals surface area contributed by atoms with Crippen molar-refractivity contribution in [1.82, 2.24) is 9.97 Å². The van der Waals surface area contributed by atoms with Crippen LogP contribution in [-0.2, 0) is 16.4 Å². The number of aromatic nitrogens is 2. The van der Waals surface area contributed by atoms with Gasteiger partial charge in [-0.25, -0.2) is 13.4 Å². The van der Waals surface area contributed by atoms with Gasteiger partial charge in [-0.15, -0.1) is 0 Å². The first kappa shape index (κ1) is 14.4. The number of nitrogens with zero attached hydrogens (tertiary/aromatic N) is 2. The van der Waals surface area contributed by atoms with Gasteiger partial charge in [0.1, 0.15) is 5.75 Å². The summed E-state index contributed by atoms with van der Waals surface area (Å²) in [6.07, 6.45) is 1.15. The Morgan fingerprint density at radius 3 is 2.40 bits per heavy atom. The van der Waals surface area contributed by atoms with Crippen LogP contribution in [0.3, 0.4) is 0 Å². The predicted octanol–water partition coefficient (Wildman–Crippen LogP) is 1.44. The molecule has 0 atom stereocenters. The first-order chi connectivity index (χ1) is 9.38. The molecule has 2 N–H and O–H groups in total. The molecular weight excluding hydrogens is 278 g/mol. The van der Waals surface area contributed by atoms with Gasteiger partial charge < -0.3 is 10.5 Å². The van der Waals surface area contributed by atoms with E-state index >= 15 is 0 Å². The first-order valence-electron chi connectivity index (χ1n) is 5.91. The lowest BCUT2D eigenvalue weighted by Gasteiger charge is -2.06. The van der Waals surface area contributed by atoms with E-state index in [9.17, 15) is 8.42 Å². The maximum absolute atomic E-state index is 11.4. The molecule has 0 unspecified atom stereocenters. The van der Waals surface area contributed by atoms with Crippen molar-refractivity contribution in [2.75, 3.05) is 6.26 Å². The van der Waals surface area contributed by atoms with Gasteiger partial charge >= 0.3 is 6.01 Å². The molecule has 1 aromatic heterocycles. The third-order valence-corrected chi connectivity index (χ3v) is 3.69. The number of benzene rings is 1. The van der Waals surface area contributed by atoms with Gasteiger partial charge in [0, 0.05) is 18.5 Å². The summed E-state index contributed by atoms with van der Waals surface area (Å²) in [5.74, 6) is 0.464. The van der Waals surface area contributed by atoms with Gasteiger partial charge in [0.05, 0.1) is 10.6 Å². The van der Waals surface area contributed by atoms with Crippen LogP contribution in [-0.4, -0.2) is 24.6 Å². The van der Waals surface area contributed by atoms with Crippen LogP contribution >= 0.6 is 0 Å². The average Bonchev–Trinajstić information content (AvgIpc) is 2.37. The average molecular weight is 293 g/mol. The fraction of sp³-hybridized carbons (Fsp3) is 0.231. The van der Waals surface area contributed by atoms with E-state index in [2.05, 4.69) is 9.97 Å². The van der Waals surface area contributed by atoms with Crippen molar-refractivity contribution in [1.29, 1.82) is 0 Å². The Morgan fingerprint density at radius 2 is 1.85 bits per heavy atom. The molecule has 0 radical (unpaired) electrons. The Labute approximate surface area is 117 Å². The van der Waals surface area contributed by atoms with Gasteiger partial charge in [0.2, 0.25) is 0 Å². The molecule has 2 aromatic rings. The number of rotatable bonds is 4. The Kier molecular flexibility index (Phi) is 4.01. The van der Waals surface area contributed by atoms with Crippen LogP contribution in [0.5, 0.6) is 11.8 Å². The van der Waals surface area contributed by atoms with Crippen LogP contribution in [0.2, 0.25) is 0 Å². The molecule has 0 fully saturated rings. The predicted molar refractivity (Wildman–Crippen MR) is 74.3 cm³/mol. The summed E-state index contributed by atoms with van der Waals surface area (Å²) in [5, 5.41) is 0. The lowest BCUT2D eigenvalue weighted by molar-refractivity contribution is 0.437. The van der Waals surface area contributed by atoms with Crippen LogP contribution in [0.4, 0.5) is 0 Å². The maximum Gasteiger partial charge on any atom is 0.322 e. The van der Waals surface area contributed by atoms with Gasteiger partial charge in [-0.05, 0) is 37.3 Å². The van der Waals surface area contributed by atoms with Crippen LogP contribution in [0.25, 0.3) is 0 Å². The minimum atomic E-state index is -3.21. The second kappa shape index (κ2) is 5.56. The van der Waals surface area contributed by atoms with E-state index in [1.807, 2.05) is 6.92 Å². The summed E-state index contributed by atoms with van der Waals surface area (Å²) in [7, 11) is -3.21. The fourth-order valence-electron chi connectivity index (χ4n) is 1.61. The number of hydrogen-bond donors (Lipinski definition) is 1. The van der Waals surface area contributed by atoms with Gasteiger partial charge in [0.25, 0.3) is 0 Å². The second-order valence-electron chi connectivity index (χ2n) is 4.33. The Hall–Kier alpha value is -1.99. The molecule has 1 heterocycles. The maximum atomic E-state index is 11.4. The highest BCUT2D eigenvalue weighted by Crippen LogP contribution is 2.20. The minimum Gasteiger partial charge on any atom is -0.424 e. The number of ether oxygens (including phenoxy) is 1. The Bertz CT molecular complexity index is 712. The highest BCUT2D eigenvalue weighted by Gasteiger charge is 2.08. The van der Waals surface area contributed by atoms with E-state index in [0.29, 0.717) is 18.0 Å². The summed E-state index contributed by atoms with van der Waals surface area (Å²) in [6, 6.07) is 8.04. The summed E-state index contributed by atoms with van der Waals surface area (Å²) in [4.78, 5) is 8.52. The second-order valence-corrected chi connectivity index (χ2v) is 6.35. The number of hydrogen-bond acceptors (Lipinski definition) is 6. The molecule has 0 aliphatic rings. The quantitative estimate of drug-likeness (QED) is 0.916. The zero-order valence-electron chi connectivity index (χ0n) is 11.2. The molecule has 106 valence electrons. The Balaban J connectivity index is 2.24. The van der Waals surface area contributed by atoms with Gasteiger partial charge in [0.15, 0.2) is 9.84 Å². The zero-order valence-corrected chi connectivity index (χ0v) is 12.0. The van der Waals surface area contributed by atoms with E-state index in [1.165, 1.54) is 12.1 Å². The molecule has 0 saturated carbocycles. The van der Waals surface area contributed by atoms with E-state index in [-0.39, 0.29) is 10.9 Å². The molecule has 6 nitrogen and oxygen atoms in total. The van der Waals surface area contributed by atoms with Crippen molar-refractivity contribution in [3.63, 3.8) is 0 Å². The van der Waals surface area contributed by atoms with Crippen molar-refractivity contribution < 1.29 is 13.2 Å². The molecule has 0 spiro atoms. The van der Waals surface area contributed by atoms with Crippen molar-refractivity contribution in [3.05, 3.63) is 41.7 Å². The van der Waals surface area contributed by atoms with Crippen LogP contribution in [0.15, 0.2) is 35.2 Å². The molecule has 0 aliphatic carbocycles. The molecule has 0 saturated heterocycles. The van der Waals surface area contributed by atoms with E-state index < -0.39 is 9.84 Å². The fourth-order valence-corrected chi connectivity index (χ4v) is 2.25. The van der Waals surface area contributed by atoms with E-state index in [1.54, 1.807) is 18.2 Å². The molecular formula is C13H15N3O3S. The summed E-state index contributed by atoms with van der Waals surface area (Å²) < 4.78 is 28.2. The SMILES string of the molecule is Cc1cc(CN)nc(Oc2ccc(S(C)(=O)=O)cc2)n1. The number of sulfone groups is 1. The zero-order chi connectivity index (χ0) is 14.8. The molecule has 0 amide bonds. The van der Waals surface area contributed by atoms with Crippen molar-refractivity contribution in [3.8, 4) is 11.8 Å². The highest BCUT2D eigenvalue weighted by atomic mass is 32.2. The lowest BCUT2D eigenvalue weighted by Crippen LogP contribution is -2.03. The largest absolute Gasteiger partial charge is 0.424 e. The monoisotopic (exact) mass is 293 g/mol. The van der Waals surface area contributed by atoms with Crippen molar-refractivity contribution in [2.45, 2.75) is 18.4 Å². The third-order valence-electron chi connectivity index (χ3n) is 2.56. The summed E-state index contributed by atoms with van der Waals surface area (Å²) >= 11 is 0. The summed E-state index contributed by atoms with van der Waals surface area (Å²) in [6.45, 7) is 2.12. The topological polar surface area (TPSA) is 95.2 Å². The lowest BCUT2D eigenvalue weighted by atomic mass is 10.3. The van der Waals surface area contributed by atoms with E-state index in [4.69, 9.17) is 10.5 Å².